The van der Waals surface area contributed by atoms with E-state index in [2.05, 4.69) is 26.4 Å². The number of alkyl halides is 3. The zero-order valence-corrected chi connectivity index (χ0v) is 20.5. The van der Waals surface area contributed by atoms with Crippen molar-refractivity contribution < 1.29 is 17.9 Å². The number of aryl methyl sites for hydroxylation is 1. The van der Waals surface area contributed by atoms with Crippen molar-refractivity contribution in [2.24, 2.45) is 12.0 Å². The zero-order chi connectivity index (χ0) is 26.3. The molecule has 2 aromatic heterocycles. The summed E-state index contributed by atoms with van der Waals surface area (Å²) in [6.07, 6.45) is -1.86. The predicted octanol–water partition coefficient (Wildman–Crippen LogP) is 5.25. The average Bonchev–Trinajstić information content (AvgIpc) is 3.57. The molecule has 0 bridgehead atoms. The maximum absolute atomic E-state index is 13.0. The van der Waals surface area contributed by atoms with Gasteiger partial charge >= 0.3 is 6.18 Å². The van der Waals surface area contributed by atoms with Crippen LogP contribution in [0.15, 0.2) is 71.5 Å². The highest BCUT2D eigenvalue weighted by atomic mass is 19.4. The summed E-state index contributed by atoms with van der Waals surface area (Å²) in [4.78, 5) is 15.7. The van der Waals surface area contributed by atoms with E-state index in [0.29, 0.717) is 49.3 Å². The van der Waals surface area contributed by atoms with Crippen LogP contribution in [0.2, 0.25) is 0 Å². The number of aromatic nitrogens is 4. The first-order valence-corrected chi connectivity index (χ1v) is 12.2. The minimum atomic E-state index is -4.36. The van der Waals surface area contributed by atoms with Crippen LogP contribution >= 0.6 is 0 Å². The Morgan fingerprint density at radius 2 is 1.71 bits per heavy atom. The molecule has 4 aromatic rings. The lowest BCUT2D eigenvalue weighted by atomic mass is 10.0. The number of rotatable bonds is 5. The fourth-order valence-corrected chi connectivity index (χ4v) is 4.53. The predicted molar refractivity (Wildman–Crippen MR) is 140 cm³/mol. The van der Waals surface area contributed by atoms with Crippen LogP contribution < -0.4 is 10.2 Å². The van der Waals surface area contributed by atoms with Crippen molar-refractivity contribution in [2.75, 3.05) is 36.5 Å². The van der Waals surface area contributed by atoms with Crippen molar-refractivity contribution in [3.63, 3.8) is 0 Å². The zero-order valence-electron chi connectivity index (χ0n) is 20.5. The summed E-state index contributed by atoms with van der Waals surface area (Å²) in [5.74, 6) is 1.20. The van der Waals surface area contributed by atoms with E-state index in [4.69, 9.17) is 14.7 Å². The first kappa shape index (κ1) is 24.1. The molecule has 0 atom stereocenters. The Bertz CT molecular complexity index is 1550. The van der Waals surface area contributed by atoms with Crippen LogP contribution in [0, 0.1) is 0 Å². The molecule has 0 radical (unpaired) electrons. The number of ether oxygens (including phenoxy) is 1. The van der Waals surface area contributed by atoms with Gasteiger partial charge in [0.25, 0.3) is 0 Å². The van der Waals surface area contributed by atoms with E-state index < -0.39 is 11.7 Å². The molecule has 2 aliphatic heterocycles. The van der Waals surface area contributed by atoms with Gasteiger partial charge in [-0.2, -0.15) is 23.3 Å². The Morgan fingerprint density at radius 1 is 0.947 bits per heavy atom. The molecule has 0 aliphatic carbocycles. The van der Waals surface area contributed by atoms with Gasteiger partial charge in [0.2, 0.25) is 5.95 Å². The van der Waals surface area contributed by atoms with Crippen molar-refractivity contribution in [3.8, 4) is 11.3 Å². The number of aliphatic imine (C=N–C) groups is 1. The topological polar surface area (TPSA) is 80.5 Å². The monoisotopic (exact) mass is 519 g/mol. The van der Waals surface area contributed by atoms with Crippen molar-refractivity contribution in [2.45, 2.75) is 12.6 Å². The minimum absolute atomic E-state index is 0.227. The van der Waals surface area contributed by atoms with Crippen LogP contribution in [-0.2, 0) is 11.8 Å². The molecule has 0 amide bonds. The third-order valence-electron chi connectivity index (χ3n) is 6.64. The maximum Gasteiger partial charge on any atom is 0.414 e. The van der Waals surface area contributed by atoms with Gasteiger partial charge < -0.3 is 15.0 Å². The molecule has 1 N–H and O–H groups in total. The number of hydrogen-bond acceptors (Lipinski definition) is 7. The van der Waals surface area contributed by atoms with Crippen molar-refractivity contribution in [1.29, 1.82) is 0 Å². The van der Waals surface area contributed by atoms with E-state index >= 15 is 0 Å². The van der Waals surface area contributed by atoms with Crippen LogP contribution in [-0.4, -0.2) is 57.9 Å². The van der Waals surface area contributed by atoms with E-state index in [9.17, 15) is 13.2 Å². The maximum atomic E-state index is 13.0. The quantitative estimate of drug-likeness (QED) is 0.388. The molecule has 1 fully saturated rings. The van der Waals surface area contributed by atoms with Gasteiger partial charge in [0.05, 0.1) is 41.9 Å². The normalized spacial score (nSPS) is 16.1. The van der Waals surface area contributed by atoms with Crippen LogP contribution in [0.4, 0.5) is 30.6 Å². The first-order valence-electron chi connectivity index (χ1n) is 12.2. The molecule has 0 unspecified atom stereocenters. The third-order valence-corrected chi connectivity index (χ3v) is 6.64. The molecular formula is C27H24F3N7O. The molecule has 1 saturated heterocycles. The lowest BCUT2D eigenvalue weighted by Gasteiger charge is -2.27. The average molecular weight is 520 g/mol. The van der Waals surface area contributed by atoms with E-state index in [1.54, 1.807) is 24.3 Å². The summed E-state index contributed by atoms with van der Waals surface area (Å²) in [5, 5.41) is 8.70. The Kier molecular flexibility index (Phi) is 6.07. The highest BCUT2D eigenvalue weighted by Crippen LogP contribution is 2.33. The first-order chi connectivity index (χ1) is 18.3. The molecule has 194 valence electrons. The van der Waals surface area contributed by atoms with Gasteiger partial charge in [0, 0.05) is 55.5 Å². The molecule has 38 heavy (non-hydrogen) atoms. The molecule has 4 heterocycles. The van der Waals surface area contributed by atoms with E-state index in [0.717, 1.165) is 34.0 Å². The molecule has 11 heteroatoms. The lowest BCUT2D eigenvalue weighted by Crippen LogP contribution is -2.37. The third kappa shape index (κ3) is 4.84. The molecule has 6 rings (SSSR count). The van der Waals surface area contributed by atoms with Crippen molar-refractivity contribution in [3.05, 3.63) is 72.1 Å². The van der Waals surface area contributed by atoms with Gasteiger partial charge in [-0.05, 0) is 23.8 Å². The van der Waals surface area contributed by atoms with Gasteiger partial charge in [-0.3, -0.25) is 9.67 Å². The smallest absolute Gasteiger partial charge is 0.378 e. The number of nitrogens with zero attached hydrogens (tertiary/aromatic N) is 6. The summed E-state index contributed by atoms with van der Waals surface area (Å²) in [6.45, 7) is 2.59. The highest BCUT2D eigenvalue weighted by Gasteiger charge is 2.36. The second-order valence-electron chi connectivity index (χ2n) is 9.19. The van der Waals surface area contributed by atoms with E-state index in [1.165, 1.54) is 0 Å². The lowest BCUT2D eigenvalue weighted by molar-refractivity contribution is -0.0922. The number of benzene rings is 2. The molecule has 8 nitrogen and oxygen atoms in total. The Hall–Kier alpha value is -4.25. The Morgan fingerprint density at radius 3 is 2.45 bits per heavy atom. The summed E-state index contributed by atoms with van der Waals surface area (Å²) < 4.78 is 46.3. The molecule has 2 aromatic carbocycles. The number of anilines is 3. The summed E-state index contributed by atoms with van der Waals surface area (Å²) in [7, 11) is 1.90. The summed E-state index contributed by atoms with van der Waals surface area (Å²) in [6, 6.07) is 15.1. The highest BCUT2D eigenvalue weighted by molar-refractivity contribution is 6.04. The number of fused-ring (bicyclic) bond motifs is 1. The van der Waals surface area contributed by atoms with Gasteiger partial charge in [0.15, 0.2) is 0 Å². The van der Waals surface area contributed by atoms with Crippen LogP contribution in [0.3, 0.4) is 0 Å². The number of hydrogen-bond donors (Lipinski definition) is 1. The van der Waals surface area contributed by atoms with Gasteiger partial charge in [-0.15, -0.1) is 0 Å². The second kappa shape index (κ2) is 9.56. The second-order valence-corrected chi connectivity index (χ2v) is 9.19. The summed E-state index contributed by atoms with van der Waals surface area (Å²) in [5.41, 5.74) is 3.84. The van der Waals surface area contributed by atoms with Crippen LogP contribution in [0.5, 0.6) is 0 Å². The Balaban J connectivity index is 1.28. The number of morpholine rings is 1. The van der Waals surface area contributed by atoms with Crippen LogP contribution in [0.1, 0.15) is 12.0 Å². The fraction of sp³-hybridized carbons (Fsp3) is 0.259. The standard InChI is InChI=1S/C27H24F3N7O/c1-36-24-12-18(2-3-19(24)15-32-36)23-14-25(35-26(34-23)37-8-10-38-11-9-37)33-21-6-4-17(5-7-21)22-13-20(16-31-22)27(28,29)30/h2-7,12,14-16H,8-11,13H2,1H3,(H,33,34,35). The largest absolute Gasteiger partial charge is 0.414 e. The van der Waals surface area contributed by atoms with E-state index in [1.807, 2.05) is 36.1 Å². The van der Waals surface area contributed by atoms with Gasteiger partial charge in [-0.25, -0.2) is 4.98 Å². The molecule has 0 spiro atoms. The number of halogens is 3. The minimum Gasteiger partial charge on any atom is -0.378 e. The fourth-order valence-electron chi connectivity index (χ4n) is 4.53. The van der Waals surface area contributed by atoms with E-state index in [-0.39, 0.29) is 6.42 Å². The number of allylic oxidation sites excluding steroid dienone is 1. The van der Waals surface area contributed by atoms with Gasteiger partial charge in [0.1, 0.15) is 5.82 Å². The van der Waals surface area contributed by atoms with Crippen molar-refractivity contribution in [1.82, 2.24) is 19.7 Å². The number of nitrogens with one attached hydrogen (secondary N) is 1. The molecule has 0 saturated carbocycles. The molecular weight excluding hydrogens is 495 g/mol. The van der Waals surface area contributed by atoms with Crippen molar-refractivity contribution >= 4 is 34.1 Å². The Labute approximate surface area is 216 Å². The van der Waals surface area contributed by atoms with Crippen LogP contribution in [0.25, 0.3) is 22.2 Å². The summed E-state index contributed by atoms with van der Waals surface area (Å²) >= 11 is 0. The SMILES string of the molecule is Cn1ncc2ccc(-c3cc(Nc4ccc(C5=NC=C(C(F)(F)F)C5)cc4)nc(N4CCOCC4)n3)cc21. The molecule has 2 aliphatic rings. The van der Waals surface area contributed by atoms with Gasteiger partial charge in [-0.1, -0.05) is 24.3 Å².